The zero-order chi connectivity index (χ0) is 9.73. The quantitative estimate of drug-likeness (QED) is 0.562. The average Bonchev–Trinajstić information content (AvgIpc) is 2.12. The Balaban J connectivity index is 2.22. The van der Waals surface area contributed by atoms with Crippen molar-refractivity contribution in [1.82, 2.24) is 5.32 Å². The second-order valence-corrected chi connectivity index (χ2v) is 4.31. The zero-order valence-electron chi connectivity index (χ0n) is 8.42. The summed E-state index contributed by atoms with van der Waals surface area (Å²) in [4.78, 5) is 0. The number of hydrogen-bond donors (Lipinski definition) is 3. The van der Waals surface area contributed by atoms with Crippen LogP contribution >= 0.6 is 0 Å². The summed E-state index contributed by atoms with van der Waals surface area (Å²) < 4.78 is 0. The van der Waals surface area contributed by atoms with Gasteiger partial charge in [0.2, 0.25) is 0 Å². The summed E-state index contributed by atoms with van der Waals surface area (Å²) in [6, 6.07) is 0. The first-order valence-electron chi connectivity index (χ1n) is 5.20. The molecule has 78 valence electrons. The van der Waals surface area contributed by atoms with Gasteiger partial charge in [0.15, 0.2) is 0 Å². The third kappa shape index (κ3) is 3.63. The highest BCUT2D eigenvalue weighted by molar-refractivity contribution is 4.86. The van der Waals surface area contributed by atoms with Crippen LogP contribution in [0.5, 0.6) is 0 Å². The van der Waals surface area contributed by atoms with Gasteiger partial charge in [0.05, 0.1) is 12.2 Å². The molecule has 0 radical (unpaired) electrons. The molecule has 0 spiro atoms. The van der Waals surface area contributed by atoms with Crippen molar-refractivity contribution in [2.24, 2.45) is 5.92 Å². The SMILES string of the molecule is CC1CCC(O)(CNCCO)CC1. The summed E-state index contributed by atoms with van der Waals surface area (Å²) in [6.07, 6.45) is 4.04. The predicted octanol–water partition coefficient (Wildman–Crippen LogP) is 0.509. The fourth-order valence-electron chi connectivity index (χ4n) is 1.88. The summed E-state index contributed by atoms with van der Waals surface area (Å²) in [5, 5.41) is 21.7. The molecule has 0 atom stereocenters. The van der Waals surface area contributed by atoms with E-state index < -0.39 is 5.60 Å². The van der Waals surface area contributed by atoms with Crippen molar-refractivity contribution < 1.29 is 10.2 Å². The van der Waals surface area contributed by atoms with Crippen molar-refractivity contribution in [3.63, 3.8) is 0 Å². The first-order chi connectivity index (χ1) is 6.16. The molecule has 0 aliphatic heterocycles. The first-order valence-corrected chi connectivity index (χ1v) is 5.20. The van der Waals surface area contributed by atoms with Gasteiger partial charge in [-0.25, -0.2) is 0 Å². The number of hydrogen-bond acceptors (Lipinski definition) is 3. The summed E-state index contributed by atoms with van der Waals surface area (Å²) in [6.45, 7) is 3.59. The number of aliphatic hydroxyl groups is 2. The van der Waals surface area contributed by atoms with Gasteiger partial charge in [-0.2, -0.15) is 0 Å². The van der Waals surface area contributed by atoms with Gasteiger partial charge in [0, 0.05) is 13.1 Å². The van der Waals surface area contributed by atoms with Crippen LogP contribution in [0.4, 0.5) is 0 Å². The Morgan fingerprint density at radius 2 is 2.00 bits per heavy atom. The first kappa shape index (κ1) is 11.0. The van der Waals surface area contributed by atoms with Gasteiger partial charge in [-0.3, -0.25) is 0 Å². The van der Waals surface area contributed by atoms with E-state index in [4.69, 9.17) is 5.11 Å². The van der Waals surface area contributed by atoms with Crippen molar-refractivity contribution in [2.75, 3.05) is 19.7 Å². The number of rotatable bonds is 4. The summed E-state index contributed by atoms with van der Waals surface area (Å²) in [5.41, 5.74) is -0.512. The van der Waals surface area contributed by atoms with Crippen LogP contribution in [0.3, 0.4) is 0 Å². The van der Waals surface area contributed by atoms with Crippen LogP contribution in [0.25, 0.3) is 0 Å². The van der Waals surface area contributed by atoms with Gasteiger partial charge in [0.25, 0.3) is 0 Å². The zero-order valence-corrected chi connectivity index (χ0v) is 8.42. The van der Waals surface area contributed by atoms with E-state index in [1.807, 2.05) is 0 Å². The average molecular weight is 187 g/mol. The third-order valence-electron chi connectivity index (χ3n) is 2.95. The molecule has 0 unspecified atom stereocenters. The Hall–Kier alpha value is -0.120. The van der Waals surface area contributed by atoms with Crippen LogP contribution in [0.2, 0.25) is 0 Å². The second kappa shape index (κ2) is 4.94. The molecule has 1 aliphatic carbocycles. The summed E-state index contributed by atoms with van der Waals surface area (Å²) >= 11 is 0. The molecule has 0 aromatic carbocycles. The second-order valence-electron chi connectivity index (χ2n) is 4.31. The van der Waals surface area contributed by atoms with Crippen molar-refractivity contribution in [2.45, 2.75) is 38.2 Å². The minimum absolute atomic E-state index is 0.145. The Kier molecular flexibility index (Phi) is 4.16. The predicted molar refractivity (Wildman–Crippen MR) is 52.5 cm³/mol. The maximum Gasteiger partial charge on any atom is 0.0771 e. The molecular weight excluding hydrogens is 166 g/mol. The Morgan fingerprint density at radius 1 is 1.38 bits per heavy atom. The molecule has 0 bridgehead atoms. The van der Waals surface area contributed by atoms with Crippen LogP contribution in [-0.2, 0) is 0 Å². The highest BCUT2D eigenvalue weighted by Crippen LogP contribution is 2.31. The van der Waals surface area contributed by atoms with Crippen LogP contribution in [0.1, 0.15) is 32.6 Å². The van der Waals surface area contributed by atoms with Crippen molar-refractivity contribution >= 4 is 0 Å². The summed E-state index contributed by atoms with van der Waals surface area (Å²) in [7, 11) is 0. The van der Waals surface area contributed by atoms with Crippen molar-refractivity contribution in [1.29, 1.82) is 0 Å². The van der Waals surface area contributed by atoms with E-state index in [-0.39, 0.29) is 6.61 Å². The minimum Gasteiger partial charge on any atom is -0.395 e. The summed E-state index contributed by atoms with van der Waals surface area (Å²) in [5.74, 6) is 0.762. The molecule has 3 heteroatoms. The molecule has 3 N–H and O–H groups in total. The fraction of sp³-hybridized carbons (Fsp3) is 1.00. The van der Waals surface area contributed by atoms with E-state index in [9.17, 15) is 5.11 Å². The van der Waals surface area contributed by atoms with Crippen LogP contribution < -0.4 is 5.32 Å². The molecule has 0 saturated heterocycles. The topological polar surface area (TPSA) is 52.5 Å². The lowest BCUT2D eigenvalue weighted by Gasteiger charge is -2.35. The van der Waals surface area contributed by atoms with Crippen molar-refractivity contribution in [3.05, 3.63) is 0 Å². The van der Waals surface area contributed by atoms with Gasteiger partial charge in [-0.1, -0.05) is 6.92 Å². The van der Waals surface area contributed by atoms with Crippen LogP contribution in [0.15, 0.2) is 0 Å². The van der Waals surface area contributed by atoms with Gasteiger partial charge >= 0.3 is 0 Å². The fourth-order valence-corrected chi connectivity index (χ4v) is 1.88. The van der Waals surface area contributed by atoms with E-state index in [1.165, 1.54) is 0 Å². The molecule has 1 aliphatic rings. The monoisotopic (exact) mass is 187 g/mol. The van der Waals surface area contributed by atoms with Gasteiger partial charge in [-0.15, -0.1) is 0 Å². The standard InChI is InChI=1S/C10H21NO2/c1-9-2-4-10(13,5-3-9)8-11-6-7-12/h9,11-13H,2-8H2,1H3. The largest absolute Gasteiger partial charge is 0.395 e. The molecule has 1 saturated carbocycles. The molecule has 1 fully saturated rings. The number of aliphatic hydroxyl groups excluding tert-OH is 1. The molecule has 3 nitrogen and oxygen atoms in total. The lowest BCUT2D eigenvalue weighted by molar-refractivity contribution is -0.00650. The van der Waals surface area contributed by atoms with Crippen molar-refractivity contribution in [3.8, 4) is 0 Å². The molecule has 1 rings (SSSR count). The number of nitrogens with one attached hydrogen (secondary N) is 1. The lowest BCUT2D eigenvalue weighted by Crippen LogP contribution is -2.43. The smallest absolute Gasteiger partial charge is 0.0771 e. The Morgan fingerprint density at radius 3 is 2.54 bits per heavy atom. The highest BCUT2D eigenvalue weighted by atomic mass is 16.3. The minimum atomic E-state index is -0.512. The molecule has 13 heavy (non-hydrogen) atoms. The molecule has 0 aromatic heterocycles. The Bertz CT molecular complexity index is 142. The highest BCUT2D eigenvalue weighted by Gasteiger charge is 2.30. The van der Waals surface area contributed by atoms with E-state index in [2.05, 4.69) is 12.2 Å². The molecule has 0 aromatic rings. The van der Waals surface area contributed by atoms with E-state index >= 15 is 0 Å². The van der Waals surface area contributed by atoms with Gasteiger partial charge in [0.1, 0.15) is 0 Å². The molecule has 0 heterocycles. The maximum absolute atomic E-state index is 10.1. The van der Waals surface area contributed by atoms with E-state index in [0.717, 1.165) is 31.6 Å². The Labute approximate surface area is 80.2 Å². The van der Waals surface area contributed by atoms with Gasteiger partial charge < -0.3 is 15.5 Å². The molecular formula is C10H21NO2. The third-order valence-corrected chi connectivity index (χ3v) is 2.95. The van der Waals surface area contributed by atoms with Crippen LogP contribution in [-0.4, -0.2) is 35.5 Å². The van der Waals surface area contributed by atoms with Gasteiger partial charge in [-0.05, 0) is 31.6 Å². The van der Waals surface area contributed by atoms with E-state index in [0.29, 0.717) is 13.1 Å². The van der Waals surface area contributed by atoms with E-state index in [1.54, 1.807) is 0 Å². The van der Waals surface area contributed by atoms with Crippen LogP contribution in [0, 0.1) is 5.92 Å². The normalized spacial score (nSPS) is 34.8. The lowest BCUT2D eigenvalue weighted by atomic mass is 9.79. The maximum atomic E-state index is 10.1. The molecule has 0 amide bonds.